The standard InChI is InChI=1S/C17H27N3O2/c1-4-10-20(11-5-2)13-16(21)19-15-9-7-8-14(12-15)17(22)18-6-3/h7-9,12H,4-6,10-11,13H2,1-3H3,(H,18,22)(H,19,21). The number of nitrogens with zero attached hydrogens (tertiary/aromatic N) is 1. The van der Waals surface area contributed by atoms with Crippen molar-refractivity contribution >= 4 is 17.5 Å². The smallest absolute Gasteiger partial charge is 0.251 e. The van der Waals surface area contributed by atoms with Crippen molar-refractivity contribution in [2.75, 3.05) is 31.5 Å². The van der Waals surface area contributed by atoms with E-state index in [-0.39, 0.29) is 11.8 Å². The fourth-order valence-electron chi connectivity index (χ4n) is 2.31. The van der Waals surface area contributed by atoms with Crippen LogP contribution in [0.15, 0.2) is 24.3 Å². The number of amides is 2. The highest BCUT2D eigenvalue weighted by atomic mass is 16.2. The predicted molar refractivity (Wildman–Crippen MR) is 90.1 cm³/mol. The third-order valence-electron chi connectivity index (χ3n) is 3.19. The number of carbonyl (C=O) groups excluding carboxylic acids is 2. The van der Waals surface area contributed by atoms with Crippen LogP contribution in [0.5, 0.6) is 0 Å². The van der Waals surface area contributed by atoms with Gasteiger partial charge in [0.05, 0.1) is 6.54 Å². The lowest BCUT2D eigenvalue weighted by Gasteiger charge is -2.20. The monoisotopic (exact) mass is 305 g/mol. The largest absolute Gasteiger partial charge is 0.352 e. The average Bonchev–Trinajstić information content (AvgIpc) is 2.48. The van der Waals surface area contributed by atoms with Gasteiger partial charge in [-0.2, -0.15) is 0 Å². The van der Waals surface area contributed by atoms with Crippen molar-refractivity contribution in [3.05, 3.63) is 29.8 Å². The summed E-state index contributed by atoms with van der Waals surface area (Å²) in [6.45, 7) is 8.89. The fourth-order valence-corrected chi connectivity index (χ4v) is 2.31. The molecule has 5 nitrogen and oxygen atoms in total. The molecule has 0 heterocycles. The van der Waals surface area contributed by atoms with E-state index in [9.17, 15) is 9.59 Å². The molecule has 0 unspecified atom stereocenters. The SMILES string of the molecule is CCCN(CCC)CC(=O)Nc1cccc(C(=O)NCC)c1. The van der Waals surface area contributed by atoms with Crippen LogP contribution < -0.4 is 10.6 Å². The van der Waals surface area contributed by atoms with Gasteiger partial charge in [0.25, 0.3) is 5.91 Å². The molecule has 0 spiro atoms. The predicted octanol–water partition coefficient (Wildman–Crippen LogP) is 2.50. The fraction of sp³-hybridized carbons (Fsp3) is 0.529. The maximum atomic E-state index is 12.1. The minimum atomic E-state index is -0.128. The molecule has 1 aromatic carbocycles. The molecule has 0 bridgehead atoms. The molecule has 2 amide bonds. The van der Waals surface area contributed by atoms with Crippen LogP contribution in [0.1, 0.15) is 44.0 Å². The molecule has 1 rings (SSSR count). The molecule has 0 aliphatic carbocycles. The van der Waals surface area contributed by atoms with Gasteiger partial charge in [-0.1, -0.05) is 19.9 Å². The second kappa shape index (κ2) is 9.95. The lowest BCUT2D eigenvalue weighted by atomic mass is 10.2. The van der Waals surface area contributed by atoms with Gasteiger partial charge in [0.1, 0.15) is 0 Å². The van der Waals surface area contributed by atoms with Crippen LogP contribution >= 0.6 is 0 Å². The Morgan fingerprint density at radius 2 is 1.77 bits per heavy atom. The molecule has 0 saturated carbocycles. The summed E-state index contributed by atoms with van der Waals surface area (Å²) >= 11 is 0. The first-order valence-electron chi connectivity index (χ1n) is 8.01. The Morgan fingerprint density at radius 1 is 1.09 bits per heavy atom. The molecule has 0 atom stereocenters. The topological polar surface area (TPSA) is 61.4 Å². The van der Waals surface area contributed by atoms with Gasteiger partial charge in [0.2, 0.25) is 5.91 Å². The van der Waals surface area contributed by atoms with E-state index in [4.69, 9.17) is 0 Å². The zero-order valence-corrected chi connectivity index (χ0v) is 13.8. The Hall–Kier alpha value is -1.88. The van der Waals surface area contributed by atoms with Crippen molar-refractivity contribution in [1.29, 1.82) is 0 Å². The molecule has 0 aliphatic heterocycles. The number of benzene rings is 1. The van der Waals surface area contributed by atoms with Crippen molar-refractivity contribution in [2.24, 2.45) is 0 Å². The Balaban J connectivity index is 2.63. The molecular formula is C17H27N3O2. The Labute approximate surface area is 133 Å². The van der Waals surface area contributed by atoms with Gasteiger partial charge >= 0.3 is 0 Å². The number of rotatable bonds is 9. The van der Waals surface area contributed by atoms with Crippen molar-refractivity contribution in [2.45, 2.75) is 33.6 Å². The zero-order valence-electron chi connectivity index (χ0n) is 13.8. The molecule has 5 heteroatoms. The summed E-state index contributed by atoms with van der Waals surface area (Å²) in [5.74, 6) is -0.174. The summed E-state index contributed by atoms with van der Waals surface area (Å²) < 4.78 is 0. The van der Waals surface area contributed by atoms with Crippen LogP contribution in [0.3, 0.4) is 0 Å². The molecule has 2 N–H and O–H groups in total. The lowest BCUT2D eigenvalue weighted by molar-refractivity contribution is -0.117. The van der Waals surface area contributed by atoms with Crippen LogP contribution in [0.25, 0.3) is 0 Å². The van der Waals surface area contributed by atoms with Gasteiger partial charge in [-0.25, -0.2) is 0 Å². The number of hydrogen-bond acceptors (Lipinski definition) is 3. The molecule has 122 valence electrons. The molecule has 1 aromatic rings. The van der Waals surface area contributed by atoms with Crippen molar-refractivity contribution in [3.63, 3.8) is 0 Å². The Morgan fingerprint density at radius 3 is 2.36 bits per heavy atom. The maximum absolute atomic E-state index is 12.1. The molecular weight excluding hydrogens is 278 g/mol. The molecule has 0 fully saturated rings. The molecule has 0 aliphatic rings. The van der Waals surface area contributed by atoms with Crippen LogP contribution in [0.2, 0.25) is 0 Å². The van der Waals surface area contributed by atoms with Crippen LogP contribution in [0.4, 0.5) is 5.69 Å². The summed E-state index contributed by atoms with van der Waals surface area (Å²) in [5, 5.41) is 5.61. The van der Waals surface area contributed by atoms with Gasteiger partial charge in [0.15, 0.2) is 0 Å². The maximum Gasteiger partial charge on any atom is 0.251 e. The highest BCUT2D eigenvalue weighted by Gasteiger charge is 2.10. The van der Waals surface area contributed by atoms with E-state index < -0.39 is 0 Å². The van der Waals surface area contributed by atoms with E-state index in [1.807, 2.05) is 6.92 Å². The third-order valence-corrected chi connectivity index (χ3v) is 3.19. The van der Waals surface area contributed by atoms with Gasteiger partial charge in [-0.15, -0.1) is 0 Å². The van der Waals surface area contributed by atoms with E-state index in [1.54, 1.807) is 24.3 Å². The Kier molecular flexibility index (Phi) is 8.22. The van der Waals surface area contributed by atoms with Gasteiger partial charge < -0.3 is 10.6 Å². The second-order valence-electron chi connectivity index (χ2n) is 5.26. The van der Waals surface area contributed by atoms with E-state index in [2.05, 4.69) is 29.4 Å². The number of anilines is 1. The van der Waals surface area contributed by atoms with Gasteiger partial charge in [-0.3, -0.25) is 14.5 Å². The molecule has 0 radical (unpaired) electrons. The van der Waals surface area contributed by atoms with Crippen LogP contribution in [0, 0.1) is 0 Å². The van der Waals surface area contributed by atoms with Gasteiger partial charge in [-0.05, 0) is 51.1 Å². The number of carbonyl (C=O) groups is 2. The molecule has 0 saturated heterocycles. The zero-order chi connectivity index (χ0) is 16.4. The first kappa shape index (κ1) is 18.2. The Bertz CT molecular complexity index is 483. The summed E-state index contributed by atoms with van der Waals surface area (Å²) in [5.41, 5.74) is 1.21. The van der Waals surface area contributed by atoms with E-state index in [1.165, 1.54) is 0 Å². The highest BCUT2D eigenvalue weighted by molar-refractivity contribution is 5.97. The summed E-state index contributed by atoms with van der Waals surface area (Å²) in [6, 6.07) is 7.01. The van der Waals surface area contributed by atoms with Crippen molar-refractivity contribution in [1.82, 2.24) is 10.2 Å². The first-order valence-corrected chi connectivity index (χ1v) is 8.01. The first-order chi connectivity index (χ1) is 10.6. The van der Waals surface area contributed by atoms with Crippen LogP contribution in [-0.2, 0) is 4.79 Å². The van der Waals surface area contributed by atoms with Gasteiger partial charge in [0, 0.05) is 17.8 Å². The van der Waals surface area contributed by atoms with E-state index >= 15 is 0 Å². The normalized spacial score (nSPS) is 10.5. The highest BCUT2D eigenvalue weighted by Crippen LogP contribution is 2.11. The van der Waals surface area contributed by atoms with E-state index in [0.29, 0.717) is 24.3 Å². The van der Waals surface area contributed by atoms with Crippen molar-refractivity contribution in [3.8, 4) is 0 Å². The second-order valence-corrected chi connectivity index (χ2v) is 5.26. The number of nitrogens with one attached hydrogen (secondary N) is 2. The van der Waals surface area contributed by atoms with Crippen LogP contribution in [-0.4, -0.2) is 42.9 Å². The van der Waals surface area contributed by atoms with Crippen molar-refractivity contribution < 1.29 is 9.59 Å². The third kappa shape index (κ3) is 6.26. The molecule has 22 heavy (non-hydrogen) atoms. The minimum Gasteiger partial charge on any atom is -0.352 e. The number of hydrogen-bond donors (Lipinski definition) is 2. The van der Waals surface area contributed by atoms with E-state index in [0.717, 1.165) is 25.9 Å². The average molecular weight is 305 g/mol. The summed E-state index contributed by atoms with van der Waals surface area (Å²) in [7, 11) is 0. The lowest BCUT2D eigenvalue weighted by Crippen LogP contribution is -2.34. The molecule has 0 aromatic heterocycles. The minimum absolute atomic E-state index is 0.0463. The quantitative estimate of drug-likeness (QED) is 0.737. The summed E-state index contributed by atoms with van der Waals surface area (Å²) in [6.07, 6.45) is 2.06. The summed E-state index contributed by atoms with van der Waals surface area (Å²) in [4.78, 5) is 26.1.